The van der Waals surface area contributed by atoms with Gasteiger partial charge in [-0.3, -0.25) is 4.79 Å². The topological polar surface area (TPSA) is 68.0 Å². The van der Waals surface area contributed by atoms with Crippen LogP contribution in [0.2, 0.25) is 0 Å². The second-order valence-corrected chi connectivity index (χ2v) is 5.42. The fraction of sp³-hybridized carbons (Fsp3) is 0.133. The van der Waals surface area contributed by atoms with Gasteiger partial charge in [0.25, 0.3) is 0 Å². The van der Waals surface area contributed by atoms with Gasteiger partial charge in [0.05, 0.1) is 11.4 Å². The molecule has 0 aliphatic carbocycles. The molecule has 21 heavy (non-hydrogen) atoms. The summed E-state index contributed by atoms with van der Waals surface area (Å²) in [7, 11) is 0. The van der Waals surface area contributed by atoms with Crippen molar-refractivity contribution in [3.05, 3.63) is 53.2 Å². The van der Waals surface area contributed by atoms with Crippen molar-refractivity contribution in [3.8, 4) is 10.7 Å². The molecule has 0 fully saturated rings. The number of hydrogen-bond acceptors (Lipinski definition) is 6. The number of Topliss-reactive ketones (excluding diaryl/α,β-unsaturated/α-hetero) is 1. The summed E-state index contributed by atoms with van der Waals surface area (Å²) in [6.07, 6.45) is 0. The van der Waals surface area contributed by atoms with Crippen molar-refractivity contribution in [3.63, 3.8) is 0 Å². The van der Waals surface area contributed by atoms with Gasteiger partial charge in [-0.1, -0.05) is 11.2 Å². The number of nitrogens with zero attached hydrogens (tertiary/aromatic N) is 2. The minimum atomic E-state index is 0.0547. The Balaban J connectivity index is 1.64. The Bertz CT molecular complexity index is 733. The third-order valence-corrected chi connectivity index (χ3v) is 3.81. The van der Waals surface area contributed by atoms with Crippen LogP contribution in [-0.4, -0.2) is 15.9 Å². The average Bonchev–Trinajstić information content (AvgIpc) is 3.16. The summed E-state index contributed by atoms with van der Waals surface area (Å²) in [5.41, 5.74) is 1.59. The molecule has 0 aliphatic rings. The number of hydrogen-bond donors (Lipinski definition) is 1. The fourth-order valence-corrected chi connectivity index (χ4v) is 2.48. The maximum Gasteiger partial charge on any atom is 0.246 e. The lowest BCUT2D eigenvalue weighted by molar-refractivity contribution is 0.101. The van der Waals surface area contributed by atoms with Crippen molar-refractivity contribution in [2.45, 2.75) is 13.5 Å². The molecule has 106 valence electrons. The highest BCUT2D eigenvalue weighted by molar-refractivity contribution is 7.13. The molecule has 0 amide bonds. The first kappa shape index (κ1) is 13.5. The van der Waals surface area contributed by atoms with E-state index in [1.165, 1.54) is 0 Å². The fourth-order valence-electron chi connectivity index (χ4n) is 1.83. The van der Waals surface area contributed by atoms with Gasteiger partial charge in [0.15, 0.2) is 5.78 Å². The van der Waals surface area contributed by atoms with Gasteiger partial charge in [0, 0.05) is 11.3 Å². The Kier molecular flexibility index (Phi) is 3.79. The van der Waals surface area contributed by atoms with Crippen molar-refractivity contribution in [2.75, 3.05) is 5.32 Å². The number of aromatic nitrogens is 2. The predicted octanol–water partition coefficient (Wildman–Crippen LogP) is 3.61. The second kappa shape index (κ2) is 5.88. The molecule has 3 rings (SSSR count). The smallest absolute Gasteiger partial charge is 0.246 e. The average molecular weight is 299 g/mol. The third kappa shape index (κ3) is 3.17. The highest BCUT2D eigenvalue weighted by atomic mass is 32.1. The maximum absolute atomic E-state index is 11.2. The number of carbonyl (C=O) groups is 1. The van der Waals surface area contributed by atoms with E-state index < -0.39 is 0 Å². The Morgan fingerprint density at radius 1 is 1.29 bits per heavy atom. The number of thiophene rings is 1. The van der Waals surface area contributed by atoms with Crippen LogP contribution >= 0.6 is 11.3 Å². The van der Waals surface area contributed by atoms with E-state index in [-0.39, 0.29) is 5.78 Å². The molecule has 0 radical (unpaired) electrons. The number of anilines is 1. The molecule has 2 aromatic heterocycles. The zero-order valence-electron chi connectivity index (χ0n) is 11.4. The lowest BCUT2D eigenvalue weighted by Crippen LogP contribution is -2.00. The van der Waals surface area contributed by atoms with Gasteiger partial charge in [0.2, 0.25) is 11.7 Å². The highest BCUT2D eigenvalue weighted by Gasteiger charge is 2.09. The van der Waals surface area contributed by atoms with E-state index in [9.17, 15) is 4.79 Å². The summed E-state index contributed by atoms with van der Waals surface area (Å²) in [4.78, 5) is 16.5. The predicted molar refractivity (Wildman–Crippen MR) is 81.4 cm³/mol. The van der Waals surface area contributed by atoms with Gasteiger partial charge < -0.3 is 9.84 Å². The van der Waals surface area contributed by atoms with E-state index in [4.69, 9.17) is 4.52 Å². The van der Waals surface area contributed by atoms with Crippen molar-refractivity contribution < 1.29 is 9.32 Å². The molecule has 2 heterocycles. The normalized spacial score (nSPS) is 10.5. The molecule has 0 atom stereocenters. The molecule has 0 saturated carbocycles. The minimum absolute atomic E-state index is 0.0547. The van der Waals surface area contributed by atoms with Crippen LogP contribution in [0.15, 0.2) is 46.3 Å². The number of rotatable bonds is 5. The first-order valence-electron chi connectivity index (χ1n) is 6.44. The van der Waals surface area contributed by atoms with Crippen LogP contribution in [0.1, 0.15) is 23.2 Å². The first-order valence-corrected chi connectivity index (χ1v) is 7.31. The van der Waals surface area contributed by atoms with Crippen LogP contribution < -0.4 is 5.32 Å². The van der Waals surface area contributed by atoms with Crippen LogP contribution in [0.25, 0.3) is 10.7 Å². The van der Waals surface area contributed by atoms with E-state index in [1.807, 2.05) is 29.6 Å². The van der Waals surface area contributed by atoms with Gasteiger partial charge >= 0.3 is 0 Å². The largest absolute Gasteiger partial charge is 0.376 e. The molecular weight excluding hydrogens is 286 g/mol. The molecule has 0 saturated heterocycles. The van der Waals surface area contributed by atoms with Crippen molar-refractivity contribution in [1.82, 2.24) is 10.1 Å². The van der Waals surface area contributed by atoms with E-state index in [0.29, 0.717) is 23.8 Å². The summed E-state index contributed by atoms with van der Waals surface area (Å²) in [5.74, 6) is 1.18. The van der Waals surface area contributed by atoms with Crippen LogP contribution in [0.4, 0.5) is 5.69 Å². The molecule has 0 bridgehead atoms. The van der Waals surface area contributed by atoms with Crippen LogP contribution in [0, 0.1) is 0 Å². The summed E-state index contributed by atoms with van der Waals surface area (Å²) in [6.45, 7) is 1.99. The molecule has 6 heteroatoms. The van der Waals surface area contributed by atoms with Gasteiger partial charge in [-0.15, -0.1) is 11.3 Å². The van der Waals surface area contributed by atoms with Crippen LogP contribution in [0.3, 0.4) is 0 Å². The van der Waals surface area contributed by atoms with E-state index in [2.05, 4.69) is 15.5 Å². The standard InChI is InChI=1S/C15H13N3O2S/c1-10(19)11-4-6-12(7-5-11)16-9-14-17-15(18-20-14)13-3-2-8-21-13/h2-8,16H,9H2,1H3. The molecule has 1 aromatic carbocycles. The monoisotopic (exact) mass is 299 g/mol. The lowest BCUT2D eigenvalue weighted by atomic mass is 10.1. The SMILES string of the molecule is CC(=O)c1ccc(NCc2nc(-c3cccs3)no2)cc1. The van der Waals surface area contributed by atoms with Crippen molar-refractivity contribution in [2.24, 2.45) is 0 Å². The molecule has 1 N–H and O–H groups in total. The first-order chi connectivity index (χ1) is 10.2. The van der Waals surface area contributed by atoms with Crippen molar-refractivity contribution in [1.29, 1.82) is 0 Å². The summed E-state index contributed by atoms with van der Waals surface area (Å²) in [5, 5.41) is 9.10. The summed E-state index contributed by atoms with van der Waals surface area (Å²) in [6, 6.07) is 11.2. The van der Waals surface area contributed by atoms with Gasteiger partial charge in [-0.2, -0.15) is 4.98 Å². The van der Waals surface area contributed by atoms with Gasteiger partial charge in [0.1, 0.15) is 0 Å². The molecule has 0 aliphatic heterocycles. The number of ketones is 1. The third-order valence-electron chi connectivity index (χ3n) is 2.94. The molecule has 3 aromatic rings. The summed E-state index contributed by atoms with van der Waals surface area (Å²) >= 11 is 1.57. The number of carbonyl (C=O) groups excluding carboxylic acids is 1. The maximum atomic E-state index is 11.2. The molecule has 0 spiro atoms. The molecular formula is C15H13N3O2S. The van der Waals surface area contributed by atoms with Crippen LogP contribution in [-0.2, 0) is 6.54 Å². The zero-order valence-corrected chi connectivity index (χ0v) is 12.2. The van der Waals surface area contributed by atoms with Crippen molar-refractivity contribution >= 4 is 22.8 Å². The summed E-state index contributed by atoms with van der Waals surface area (Å²) < 4.78 is 5.20. The van der Waals surface area contributed by atoms with Gasteiger partial charge in [-0.25, -0.2) is 0 Å². The van der Waals surface area contributed by atoms with E-state index in [1.54, 1.807) is 30.4 Å². The Morgan fingerprint density at radius 3 is 2.76 bits per heavy atom. The minimum Gasteiger partial charge on any atom is -0.376 e. The Hall–Kier alpha value is -2.47. The Labute approximate surface area is 125 Å². The van der Waals surface area contributed by atoms with E-state index in [0.717, 1.165) is 10.6 Å². The van der Waals surface area contributed by atoms with Gasteiger partial charge in [-0.05, 0) is 42.6 Å². The zero-order chi connectivity index (χ0) is 14.7. The molecule has 5 nitrogen and oxygen atoms in total. The number of nitrogens with one attached hydrogen (secondary N) is 1. The number of benzene rings is 1. The van der Waals surface area contributed by atoms with E-state index >= 15 is 0 Å². The van der Waals surface area contributed by atoms with Crippen LogP contribution in [0.5, 0.6) is 0 Å². The molecule has 0 unspecified atom stereocenters. The Morgan fingerprint density at radius 2 is 2.10 bits per heavy atom. The second-order valence-electron chi connectivity index (χ2n) is 4.48. The highest BCUT2D eigenvalue weighted by Crippen LogP contribution is 2.21. The lowest BCUT2D eigenvalue weighted by Gasteiger charge is -2.03. The quantitative estimate of drug-likeness (QED) is 0.729.